The highest BCUT2D eigenvalue weighted by molar-refractivity contribution is 5.97. The number of esters is 1. The highest BCUT2D eigenvalue weighted by Crippen LogP contribution is 2.55. The summed E-state index contributed by atoms with van der Waals surface area (Å²) in [7, 11) is 0. The van der Waals surface area contributed by atoms with Gasteiger partial charge in [0, 0.05) is 17.5 Å². The summed E-state index contributed by atoms with van der Waals surface area (Å²) in [4.78, 5) is 37.1. The Labute approximate surface area is 184 Å². The van der Waals surface area contributed by atoms with Gasteiger partial charge in [0.2, 0.25) is 0 Å². The van der Waals surface area contributed by atoms with E-state index in [2.05, 4.69) is 11.4 Å². The molecule has 0 radical (unpaired) electrons. The number of benzene rings is 1. The molecule has 0 spiro atoms. The Morgan fingerprint density at radius 2 is 1.55 bits per heavy atom. The van der Waals surface area contributed by atoms with E-state index < -0.39 is 5.97 Å². The number of hydrogen-bond acceptors (Lipinski definition) is 4. The molecule has 0 unspecified atom stereocenters. The van der Waals surface area contributed by atoms with Crippen molar-refractivity contribution in [1.82, 2.24) is 5.32 Å². The molecular weight excluding hydrogens is 390 g/mol. The van der Waals surface area contributed by atoms with Crippen LogP contribution in [-0.2, 0) is 27.2 Å². The van der Waals surface area contributed by atoms with Gasteiger partial charge in [-0.15, -0.1) is 0 Å². The van der Waals surface area contributed by atoms with Crippen molar-refractivity contribution in [3.05, 3.63) is 34.9 Å². The largest absolute Gasteiger partial charge is 0.456 e. The fraction of sp³-hybridized carbons (Fsp3) is 0.654. The van der Waals surface area contributed by atoms with Crippen LogP contribution < -0.4 is 5.32 Å². The lowest BCUT2D eigenvalue weighted by molar-refractivity contribution is -0.150. The van der Waals surface area contributed by atoms with Gasteiger partial charge in [-0.1, -0.05) is 12.1 Å². The smallest absolute Gasteiger partial charge is 0.306 e. The molecule has 1 aromatic carbocycles. The van der Waals surface area contributed by atoms with Crippen LogP contribution in [0.2, 0.25) is 0 Å². The number of rotatable bonds is 7. The Balaban J connectivity index is 1.07. The number of fused-ring (bicyclic) bond motifs is 1. The number of Topliss-reactive ketones (excluding diaryl/α,β-unsaturated/α-hetero) is 1. The Hall–Kier alpha value is -2.17. The second-order valence-electron chi connectivity index (χ2n) is 10.5. The number of carbonyl (C=O) groups is 3. The summed E-state index contributed by atoms with van der Waals surface area (Å²) in [5.41, 5.74) is 3.21. The van der Waals surface area contributed by atoms with Gasteiger partial charge >= 0.3 is 5.97 Å². The van der Waals surface area contributed by atoms with E-state index in [-0.39, 0.29) is 36.7 Å². The highest BCUT2D eigenvalue weighted by atomic mass is 16.5. The first-order valence-electron chi connectivity index (χ1n) is 12.1. The predicted octanol–water partition coefficient (Wildman–Crippen LogP) is 4.16. The zero-order valence-electron chi connectivity index (χ0n) is 18.3. The van der Waals surface area contributed by atoms with Crippen LogP contribution in [-0.4, -0.2) is 29.8 Å². The van der Waals surface area contributed by atoms with E-state index in [4.69, 9.17) is 4.74 Å². The summed E-state index contributed by atoms with van der Waals surface area (Å²) in [6, 6.07) is 5.91. The quantitative estimate of drug-likeness (QED) is 0.528. The van der Waals surface area contributed by atoms with E-state index in [1.54, 1.807) is 0 Å². The van der Waals surface area contributed by atoms with E-state index in [0.29, 0.717) is 5.56 Å². The molecule has 0 aromatic heterocycles. The molecule has 1 N–H and O–H groups in total. The molecule has 31 heavy (non-hydrogen) atoms. The summed E-state index contributed by atoms with van der Waals surface area (Å²) >= 11 is 0. The second kappa shape index (κ2) is 8.40. The van der Waals surface area contributed by atoms with E-state index in [1.165, 1.54) is 43.2 Å². The van der Waals surface area contributed by atoms with Crippen LogP contribution in [0.5, 0.6) is 0 Å². The highest BCUT2D eigenvalue weighted by Gasteiger charge is 2.51. The van der Waals surface area contributed by atoms with Crippen LogP contribution in [0.15, 0.2) is 18.2 Å². The predicted molar refractivity (Wildman–Crippen MR) is 117 cm³/mol. The van der Waals surface area contributed by atoms with Crippen molar-refractivity contribution < 1.29 is 19.1 Å². The van der Waals surface area contributed by atoms with Gasteiger partial charge in [0.15, 0.2) is 12.4 Å². The molecule has 0 aliphatic heterocycles. The molecule has 4 bridgehead atoms. The third-order valence-corrected chi connectivity index (χ3v) is 8.03. The van der Waals surface area contributed by atoms with Crippen LogP contribution in [0.25, 0.3) is 0 Å². The van der Waals surface area contributed by atoms with Crippen molar-refractivity contribution in [2.75, 3.05) is 6.61 Å². The molecule has 4 fully saturated rings. The van der Waals surface area contributed by atoms with Crippen LogP contribution in [0.3, 0.4) is 0 Å². The fourth-order valence-corrected chi connectivity index (χ4v) is 7.08. The maximum atomic E-state index is 12.5. The van der Waals surface area contributed by atoms with Crippen molar-refractivity contribution >= 4 is 17.7 Å². The van der Waals surface area contributed by atoms with Crippen LogP contribution in [0.4, 0.5) is 0 Å². The first-order valence-corrected chi connectivity index (χ1v) is 12.1. The first-order chi connectivity index (χ1) is 15.0. The Morgan fingerprint density at radius 1 is 0.903 bits per heavy atom. The maximum Gasteiger partial charge on any atom is 0.306 e. The molecule has 0 saturated heterocycles. The topological polar surface area (TPSA) is 72.5 Å². The van der Waals surface area contributed by atoms with Crippen molar-refractivity contribution in [2.24, 2.45) is 17.8 Å². The molecule has 0 heterocycles. The van der Waals surface area contributed by atoms with Gasteiger partial charge in [-0.25, -0.2) is 0 Å². The molecule has 6 rings (SSSR count). The Kier molecular flexibility index (Phi) is 5.61. The average Bonchev–Trinajstić information content (AvgIpc) is 2.74. The minimum atomic E-state index is -0.480. The molecule has 5 heteroatoms. The number of carbonyl (C=O) groups excluding carboxylic acids is 3. The monoisotopic (exact) mass is 423 g/mol. The number of aryl methyl sites for hydroxylation is 2. The fourth-order valence-electron chi connectivity index (χ4n) is 7.08. The lowest BCUT2D eigenvalue weighted by atomic mass is 9.53. The van der Waals surface area contributed by atoms with Gasteiger partial charge in [0.25, 0.3) is 5.91 Å². The van der Waals surface area contributed by atoms with Gasteiger partial charge in [-0.3, -0.25) is 14.4 Å². The molecule has 1 amide bonds. The normalized spacial score (nSPS) is 30.5. The second-order valence-corrected chi connectivity index (χ2v) is 10.5. The van der Waals surface area contributed by atoms with E-state index in [1.807, 2.05) is 12.1 Å². The number of amides is 1. The minimum Gasteiger partial charge on any atom is -0.456 e. The van der Waals surface area contributed by atoms with Crippen LogP contribution >= 0.6 is 0 Å². The summed E-state index contributed by atoms with van der Waals surface area (Å²) in [6.07, 6.45) is 11.8. The van der Waals surface area contributed by atoms with Crippen molar-refractivity contribution in [2.45, 2.75) is 82.6 Å². The van der Waals surface area contributed by atoms with Crippen molar-refractivity contribution in [3.8, 4) is 0 Å². The summed E-state index contributed by atoms with van der Waals surface area (Å²) in [5.74, 6) is 1.54. The number of ketones is 1. The minimum absolute atomic E-state index is 0.0144. The number of hydrogen-bond donors (Lipinski definition) is 1. The lowest BCUT2D eigenvalue weighted by Gasteiger charge is -2.56. The van der Waals surface area contributed by atoms with Crippen molar-refractivity contribution in [3.63, 3.8) is 0 Å². The van der Waals surface area contributed by atoms with Crippen molar-refractivity contribution in [1.29, 1.82) is 0 Å². The van der Waals surface area contributed by atoms with Gasteiger partial charge in [0.05, 0.1) is 6.42 Å². The molecule has 5 nitrogen and oxygen atoms in total. The standard InChI is InChI=1S/C26H33NO4/c28-23(22-6-5-20-3-1-2-4-21(20)12-22)7-8-25(30)31-16-24(29)27-26-13-17-9-18(14-26)11-19(10-17)15-26/h5-6,12,17-19H,1-4,7-11,13-16H2,(H,27,29). The Morgan fingerprint density at radius 3 is 2.23 bits per heavy atom. The SMILES string of the molecule is O=C(COC(=O)CCC(=O)c1ccc2c(c1)CCCC2)NC12CC3CC(CC(C3)C1)C2. The zero-order valence-corrected chi connectivity index (χ0v) is 18.3. The number of ether oxygens (including phenoxy) is 1. The molecule has 0 atom stereocenters. The molecule has 4 saturated carbocycles. The van der Waals surface area contributed by atoms with E-state index >= 15 is 0 Å². The van der Waals surface area contributed by atoms with E-state index in [9.17, 15) is 14.4 Å². The molecule has 5 aliphatic rings. The van der Waals surface area contributed by atoms with Gasteiger partial charge < -0.3 is 10.1 Å². The van der Waals surface area contributed by atoms with Gasteiger partial charge in [0.1, 0.15) is 0 Å². The number of nitrogens with one attached hydrogen (secondary N) is 1. The average molecular weight is 424 g/mol. The van der Waals surface area contributed by atoms with Gasteiger partial charge in [-0.05, 0) is 99.2 Å². The summed E-state index contributed by atoms with van der Waals surface area (Å²) in [6.45, 7) is -0.242. The molecule has 5 aliphatic carbocycles. The van der Waals surface area contributed by atoms with Crippen LogP contribution in [0, 0.1) is 17.8 Å². The van der Waals surface area contributed by atoms with Crippen LogP contribution in [0.1, 0.15) is 85.7 Å². The zero-order chi connectivity index (χ0) is 21.4. The molecule has 1 aromatic rings. The lowest BCUT2D eigenvalue weighted by Crippen LogP contribution is -2.60. The van der Waals surface area contributed by atoms with E-state index in [0.717, 1.165) is 49.9 Å². The molecule has 166 valence electrons. The Bertz CT molecular complexity index is 854. The summed E-state index contributed by atoms with van der Waals surface area (Å²) < 4.78 is 5.19. The first kappa shape index (κ1) is 20.7. The summed E-state index contributed by atoms with van der Waals surface area (Å²) in [5, 5.41) is 3.22. The maximum absolute atomic E-state index is 12.5. The molecular formula is C26H33NO4. The third-order valence-electron chi connectivity index (χ3n) is 8.03. The van der Waals surface area contributed by atoms with Gasteiger partial charge in [-0.2, -0.15) is 0 Å². The third kappa shape index (κ3) is 4.56.